The quantitative estimate of drug-likeness (QED) is 0.583. The Hall–Kier alpha value is -3.99. The van der Waals surface area contributed by atoms with E-state index >= 15 is 0 Å². The van der Waals surface area contributed by atoms with E-state index in [9.17, 15) is 14.9 Å². The Bertz CT molecular complexity index is 1170. The molecule has 0 aliphatic rings. The third-order valence-corrected chi connectivity index (χ3v) is 4.76. The summed E-state index contributed by atoms with van der Waals surface area (Å²) in [6, 6.07) is 10.6. The van der Waals surface area contributed by atoms with Crippen molar-refractivity contribution in [2.45, 2.75) is 20.5 Å². The summed E-state index contributed by atoms with van der Waals surface area (Å²) in [6.45, 7) is 3.39. The Morgan fingerprint density at radius 2 is 1.87 bits per heavy atom. The largest absolute Gasteiger partial charge is 0.493 e. The summed E-state index contributed by atoms with van der Waals surface area (Å²) < 4.78 is 17.9. The van der Waals surface area contributed by atoms with Crippen LogP contribution in [0.3, 0.4) is 0 Å². The van der Waals surface area contributed by atoms with Crippen LogP contribution in [0, 0.1) is 17.2 Å². The third-order valence-electron chi connectivity index (χ3n) is 4.76. The molecule has 0 bridgehead atoms. The van der Waals surface area contributed by atoms with Crippen molar-refractivity contribution >= 4 is 23.1 Å². The van der Waals surface area contributed by atoms with Crippen LogP contribution >= 0.6 is 0 Å². The minimum atomic E-state index is -0.667. The second-order valence-corrected chi connectivity index (χ2v) is 7.11. The zero-order valence-electron chi connectivity index (χ0n) is 17.8. The van der Waals surface area contributed by atoms with Gasteiger partial charge in [-0.25, -0.2) is 4.79 Å². The fourth-order valence-electron chi connectivity index (χ4n) is 3.07. The van der Waals surface area contributed by atoms with Gasteiger partial charge in [-0.1, -0.05) is 19.9 Å². The van der Waals surface area contributed by atoms with Crippen LogP contribution < -0.4 is 14.8 Å². The maximum atomic E-state index is 12.9. The molecule has 0 unspecified atom stereocenters. The molecule has 0 atom stereocenters. The minimum Gasteiger partial charge on any atom is -0.493 e. The van der Waals surface area contributed by atoms with E-state index in [-0.39, 0.29) is 29.7 Å². The molecule has 160 valence electrons. The van der Waals surface area contributed by atoms with Crippen LogP contribution in [0.25, 0.3) is 5.52 Å². The van der Waals surface area contributed by atoms with Crippen molar-refractivity contribution in [2.75, 3.05) is 19.5 Å². The van der Waals surface area contributed by atoms with Crippen LogP contribution in [0.4, 0.5) is 5.69 Å². The molecule has 8 nitrogen and oxygen atoms in total. The van der Waals surface area contributed by atoms with Crippen molar-refractivity contribution in [1.29, 1.82) is 5.26 Å². The van der Waals surface area contributed by atoms with Crippen molar-refractivity contribution in [2.24, 2.45) is 5.92 Å². The summed E-state index contributed by atoms with van der Waals surface area (Å²) in [7, 11) is 2.91. The van der Waals surface area contributed by atoms with Gasteiger partial charge in [0.25, 0.3) is 0 Å². The van der Waals surface area contributed by atoms with Crippen molar-refractivity contribution in [3.05, 3.63) is 59.4 Å². The third kappa shape index (κ3) is 4.46. The van der Waals surface area contributed by atoms with Gasteiger partial charge in [0.2, 0.25) is 5.91 Å². The molecule has 0 saturated heterocycles. The van der Waals surface area contributed by atoms with Gasteiger partial charge in [-0.2, -0.15) is 5.26 Å². The summed E-state index contributed by atoms with van der Waals surface area (Å²) in [5.41, 5.74) is 2.12. The molecular weight excluding hydrogens is 398 g/mol. The van der Waals surface area contributed by atoms with Gasteiger partial charge in [0.1, 0.15) is 12.7 Å². The number of nitrogens with one attached hydrogen (secondary N) is 1. The number of amides is 1. The standard InChI is InChI=1S/C23H23N3O5/c1-14(2)22(27)25-18-10-21(30-4)20(29-3)9-16(18)23(28)31-13-15-12-26-8-6-5-7-19(26)17(15)11-24/h5-10,12,14H,13H2,1-4H3,(H,25,27). The number of pyridine rings is 1. The molecule has 8 heteroatoms. The van der Waals surface area contributed by atoms with Gasteiger partial charge in [0, 0.05) is 36.0 Å². The molecule has 1 N–H and O–H groups in total. The first-order valence-corrected chi connectivity index (χ1v) is 9.62. The highest BCUT2D eigenvalue weighted by molar-refractivity contribution is 6.02. The molecule has 0 fully saturated rings. The molecular formula is C23H23N3O5. The number of carbonyl (C=O) groups excluding carboxylic acids is 2. The molecule has 1 amide bonds. The maximum Gasteiger partial charge on any atom is 0.340 e. The summed E-state index contributed by atoms with van der Waals surface area (Å²) in [6.07, 6.45) is 3.56. The van der Waals surface area contributed by atoms with Crippen molar-refractivity contribution in [1.82, 2.24) is 4.40 Å². The monoisotopic (exact) mass is 421 g/mol. The lowest BCUT2D eigenvalue weighted by Crippen LogP contribution is -2.20. The Morgan fingerprint density at radius 3 is 2.52 bits per heavy atom. The number of methoxy groups -OCH3 is 2. The van der Waals surface area contributed by atoms with E-state index in [1.54, 1.807) is 24.4 Å². The SMILES string of the molecule is COc1cc(NC(=O)C(C)C)c(C(=O)OCc2cn3ccccc3c2C#N)cc1OC. The van der Waals surface area contributed by atoms with Crippen molar-refractivity contribution in [3.63, 3.8) is 0 Å². The Labute approximate surface area is 179 Å². The van der Waals surface area contributed by atoms with E-state index in [1.165, 1.54) is 26.4 Å². The molecule has 0 aliphatic carbocycles. The van der Waals surface area contributed by atoms with Gasteiger partial charge in [0.15, 0.2) is 11.5 Å². The summed E-state index contributed by atoms with van der Waals surface area (Å²) in [5.74, 6) is -0.525. The summed E-state index contributed by atoms with van der Waals surface area (Å²) >= 11 is 0. The highest BCUT2D eigenvalue weighted by Crippen LogP contribution is 2.34. The topological polar surface area (TPSA) is 102 Å². The zero-order valence-corrected chi connectivity index (χ0v) is 17.8. The van der Waals surface area contributed by atoms with Crippen molar-refractivity contribution < 1.29 is 23.8 Å². The highest BCUT2D eigenvalue weighted by atomic mass is 16.5. The van der Waals surface area contributed by atoms with Crippen LogP contribution in [0.5, 0.6) is 11.5 Å². The number of ether oxygens (including phenoxy) is 3. The van der Waals surface area contributed by atoms with Crippen LogP contribution in [-0.4, -0.2) is 30.5 Å². The number of fused-ring (bicyclic) bond motifs is 1. The number of nitriles is 1. The van der Waals surface area contributed by atoms with Gasteiger partial charge >= 0.3 is 5.97 Å². The molecule has 0 saturated carbocycles. The highest BCUT2D eigenvalue weighted by Gasteiger charge is 2.21. The predicted molar refractivity (Wildman–Crippen MR) is 114 cm³/mol. The smallest absolute Gasteiger partial charge is 0.340 e. The fourth-order valence-corrected chi connectivity index (χ4v) is 3.07. The lowest BCUT2D eigenvalue weighted by atomic mass is 10.1. The molecule has 2 aromatic heterocycles. The van der Waals surface area contributed by atoms with Crippen LogP contribution in [0.15, 0.2) is 42.7 Å². The minimum absolute atomic E-state index is 0.102. The van der Waals surface area contributed by atoms with Crippen molar-refractivity contribution in [3.8, 4) is 17.6 Å². The van der Waals surface area contributed by atoms with Crippen LogP contribution in [0.2, 0.25) is 0 Å². The van der Waals surface area contributed by atoms with Crippen LogP contribution in [0.1, 0.15) is 35.3 Å². The van der Waals surface area contributed by atoms with E-state index in [1.807, 2.05) is 24.4 Å². The number of nitrogens with zero attached hydrogens (tertiary/aromatic N) is 2. The Kier molecular flexibility index (Phi) is 6.46. The van der Waals surface area contributed by atoms with Gasteiger partial charge < -0.3 is 23.9 Å². The second kappa shape index (κ2) is 9.22. The zero-order chi connectivity index (χ0) is 22.5. The number of carbonyl (C=O) groups is 2. The molecule has 2 heterocycles. The van der Waals surface area contributed by atoms with Gasteiger partial charge in [-0.3, -0.25) is 4.79 Å². The first kappa shape index (κ1) is 21.7. The lowest BCUT2D eigenvalue weighted by molar-refractivity contribution is -0.118. The number of esters is 1. The Morgan fingerprint density at radius 1 is 1.16 bits per heavy atom. The first-order chi connectivity index (χ1) is 14.9. The van der Waals surface area contributed by atoms with E-state index in [0.29, 0.717) is 22.6 Å². The van der Waals surface area contributed by atoms with E-state index in [0.717, 1.165) is 5.52 Å². The molecule has 0 spiro atoms. The first-order valence-electron chi connectivity index (χ1n) is 9.62. The molecule has 3 aromatic rings. The van der Waals surface area contributed by atoms with Gasteiger partial charge in [0.05, 0.1) is 36.6 Å². The predicted octanol–water partition coefficient (Wildman–Crippen LogP) is 3.78. The van der Waals surface area contributed by atoms with Gasteiger partial charge in [-0.05, 0) is 12.1 Å². The molecule has 0 aliphatic heterocycles. The summed E-state index contributed by atoms with van der Waals surface area (Å²) in [5, 5.41) is 12.3. The van der Waals surface area contributed by atoms with Crippen LogP contribution in [-0.2, 0) is 16.1 Å². The molecule has 31 heavy (non-hydrogen) atoms. The number of hydrogen-bond donors (Lipinski definition) is 1. The normalized spacial score (nSPS) is 10.6. The van der Waals surface area contributed by atoms with Gasteiger partial charge in [-0.15, -0.1) is 0 Å². The summed E-state index contributed by atoms with van der Waals surface area (Å²) in [4.78, 5) is 25.1. The molecule has 1 aromatic carbocycles. The maximum absolute atomic E-state index is 12.9. The number of rotatable bonds is 7. The van der Waals surface area contributed by atoms with E-state index < -0.39 is 5.97 Å². The molecule has 0 radical (unpaired) electrons. The average molecular weight is 421 g/mol. The number of anilines is 1. The fraction of sp³-hybridized carbons (Fsp3) is 0.261. The lowest BCUT2D eigenvalue weighted by Gasteiger charge is -2.16. The Balaban J connectivity index is 1.91. The number of aromatic nitrogens is 1. The number of benzene rings is 1. The number of hydrogen-bond acceptors (Lipinski definition) is 6. The second-order valence-electron chi connectivity index (χ2n) is 7.11. The molecule has 3 rings (SSSR count). The average Bonchev–Trinajstić information content (AvgIpc) is 3.14. The van der Waals surface area contributed by atoms with E-state index in [4.69, 9.17) is 14.2 Å². The van der Waals surface area contributed by atoms with E-state index in [2.05, 4.69) is 11.4 Å².